The fraction of sp³-hybridized carbons (Fsp3) is 0.917. The van der Waals surface area contributed by atoms with Gasteiger partial charge in [0.05, 0.1) is 0 Å². The molecule has 0 radical (unpaired) electrons. The van der Waals surface area contributed by atoms with Crippen molar-refractivity contribution in [2.45, 2.75) is 47.0 Å². The van der Waals surface area contributed by atoms with Crippen molar-refractivity contribution in [3.05, 3.63) is 0 Å². The van der Waals surface area contributed by atoms with Gasteiger partial charge in [-0.2, -0.15) is 0 Å². The van der Waals surface area contributed by atoms with Crippen molar-refractivity contribution >= 4 is 5.78 Å². The average Bonchev–Trinajstić information content (AvgIpc) is 2.36. The van der Waals surface area contributed by atoms with E-state index in [1.165, 1.54) is 6.42 Å². The highest BCUT2D eigenvalue weighted by atomic mass is 16.1. The van der Waals surface area contributed by atoms with E-state index in [2.05, 4.69) is 27.7 Å². The van der Waals surface area contributed by atoms with Crippen molar-refractivity contribution in [2.75, 3.05) is 0 Å². The first-order chi connectivity index (χ1) is 5.95. The number of carbonyl (C=O) groups is 1. The van der Waals surface area contributed by atoms with Crippen LogP contribution in [0.4, 0.5) is 0 Å². The number of fused-ring (bicyclic) bond motifs is 2. The highest BCUT2D eigenvalue weighted by molar-refractivity contribution is 5.91. The molecule has 2 bridgehead atoms. The van der Waals surface area contributed by atoms with Crippen LogP contribution in [-0.4, -0.2) is 5.78 Å². The first kappa shape index (κ1) is 9.23. The first-order valence-electron chi connectivity index (χ1n) is 5.49. The Morgan fingerprint density at radius 3 is 2.31 bits per heavy atom. The van der Waals surface area contributed by atoms with Crippen LogP contribution in [0, 0.1) is 22.7 Å². The Morgan fingerprint density at radius 2 is 2.00 bits per heavy atom. The standard InChI is InChI=1S/C12H20O/c1-5-8-9-6-7-12(4,10(8)13)11(9,2)3/h8-9H,5-7H2,1-4H3/t8-,9+,12-/m0/s1. The molecule has 2 aliphatic rings. The van der Waals surface area contributed by atoms with E-state index >= 15 is 0 Å². The first-order valence-corrected chi connectivity index (χ1v) is 5.49. The molecule has 2 saturated carbocycles. The molecule has 0 aromatic carbocycles. The molecule has 1 nitrogen and oxygen atoms in total. The Hall–Kier alpha value is -0.330. The lowest BCUT2D eigenvalue weighted by Gasteiger charge is -2.32. The molecule has 0 aromatic rings. The average molecular weight is 180 g/mol. The Balaban J connectivity index is 2.44. The minimum absolute atomic E-state index is 0.00164. The van der Waals surface area contributed by atoms with Gasteiger partial charge in [-0.05, 0) is 30.6 Å². The van der Waals surface area contributed by atoms with Gasteiger partial charge >= 0.3 is 0 Å². The van der Waals surface area contributed by atoms with Crippen LogP contribution in [0.3, 0.4) is 0 Å². The van der Waals surface area contributed by atoms with Gasteiger partial charge in [0.25, 0.3) is 0 Å². The van der Waals surface area contributed by atoms with Gasteiger partial charge in [0.2, 0.25) is 0 Å². The molecule has 0 aromatic heterocycles. The summed E-state index contributed by atoms with van der Waals surface area (Å²) in [5, 5.41) is 0. The quantitative estimate of drug-likeness (QED) is 0.606. The summed E-state index contributed by atoms with van der Waals surface area (Å²) in [6, 6.07) is 0. The predicted octanol–water partition coefficient (Wildman–Crippen LogP) is 3.04. The Kier molecular flexibility index (Phi) is 1.68. The van der Waals surface area contributed by atoms with Crippen molar-refractivity contribution in [1.29, 1.82) is 0 Å². The lowest BCUT2D eigenvalue weighted by Crippen LogP contribution is -2.33. The highest BCUT2D eigenvalue weighted by Gasteiger charge is 2.65. The lowest BCUT2D eigenvalue weighted by molar-refractivity contribution is -0.131. The van der Waals surface area contributed by atoms with E-state index in [0.717, 1.165) is 12.8 Å². The maximum Gasteiger partial charge on any atom is 0.142 e. The lowest BCUT2D eigenvalue weighted by atomic mass is 9.70. The molecule has 2 rings (SSSR count). The van der Waals surface area contributed by atoms with Gasteiger partial charge in [0.1, 0.15) is 5.78 Å². The number of ketones is 1. The van der Waals surface area contributed by atoms with Crippen LogP contribution < -0.4 is 0 Å². The summed E-state index contributed by atoms with van der Waals surface area (Å²) in [4.78, 5) is 12.1. The van der Waals surface area contributed by atoms with Gasteiger partial charge in [-0.25, -0.2) is 0 Å². The molecule has 0 unspecified atom stereocenters. The number of rotatable bonds is 1. The van der Waals surface area contributed by atoms with Crippen LogP contribution in [-0.2, 0) is 4.79 Å². The number of hydrogen-bond donors (Lipinski definition) is 0. The number of hydrogen-bond acceptors (Lipinski definition) is 1. The van der Waals surface area contributed by atoms with Crippen molar-refractivity contribution in [1.82, 2.24) is 0 Å². The molecule has 0 saturated heterocycles. The SMILES string of the molecule is CC[C@@H]1C(=O)[C@]2(C)CC[C@H]1C2(C)C. The van der Waals surface area contributed by atoms with Crippen molar-refractivity contribution in [3.63, 3.8) is 0 Å². The molecular formula is C12H20O. The Bertz CT molecular complexity index is 254. The van der Waals surface area contributed by atoms with Crippen LogP contribution in [0.2, 0.25) is 0 Å². The molecule has 0 amide bonds. The zero-order valence-corrected chi connectivity index (χ0v) is 9.18. The van der Waals surface area contributed by atoms with Gasteiger partial charge in [-0.15, -0.1) is 0 Å². The zero-order valence-electron chi connectivity index (χ0n) is 9.18. The second-order valence-corrected chi connectivity index (χ2v) is 5.58. The Morgan fingerprint density at radius 1 is 1.38 bits per heavy atom. The second-order valence-electron chi connectivity index (χ2n) is 5.58. The van der Waals surface area contributed by atoms with Crippen LogP contribution in [0.25, 0.3) is 0 Å². The maximum atomic E-state index is 12.1. The van der Waals surface area contributed by atoms with E-state index in [-0.39, 0.29) is 10.8 Å². The normalized spacial score (nSPS) is 47.2. The highest BCUT2D eigenvalue weighted by Crippen LogP contribution is 2.66. The summed E-state index contributed by atoms with van der Waals surface area (Å²) in [5.41, 5.74) is 0.253. The third-order valence-corrected chi connectivity index (χ3v) is 5.11. The zero-order chi connectivity index (χ0) is 9.85. The van der Waals surface area contributed by atoms with Crippen molar-refractivity contribution in [3.8, 4) is 0 Å². The summed E-state index contributed by atoms with van der Waals surface area (Å²) in [5.74, 6) is 1.58. The van der Waals surface area contributed by atoms with E-state index in [4.69, 9.17) is 0 Å². The summed E-state index contributed by atoms with van der Waals surface area (Å²) in [7, 11) is 0. The van der Waals surface area contributed by atoms with Crippen LogP contribution in [0.1, 0.15) is 47.0 Å². The second kappa shape index (κ2) is 2.37. The molecule has 13 heavy (non-hydrogen) atoms. The van der Waals surface area contributed by atoms with E-state index in [1.807, 2.05) is 0 Å². The van der Waals surface area contributed by atoms with Gasteiger partial charge < -0.3 is 0 Å². The van der Waals surface area contributed by atoms with Crippen LogP contribution >= 0.6 is 0 Å². The van der Waals surface area contributed by atoms with Gasteiger partial charge in [-0.1, -0.05) is 27.7 Å². The molecule has 0 N–H and O–H groups in total. The Labute approximate surface area is 80.9 Å². The smallest absolute Gasteiger partial charge is 0.142 e. The molecule has 0 spiro atoms. The van der Waals surface area contributed by atoms with E-state index < -0.39 is 0 Å². The molecule has 3 atom stereocenters. The molecule has 2 aliphatic carbocycles. The van der Waals surface area contributed by atoms with Gasteiger partial charge in [-0.3, -0.25) is 4.79 Å². The molecule has 0 heterocycles. The monoisotopic (exact) mass is 180 g/mol. The molecule has 0 aliphatic heterocycles. The fourth-order valence-corrected chi connectivity index (χ4v) is 3.74. The van der Waals surface area contributed by atoms with Gasteiger partial charge in [0.15, 0.2) is 0 Å². The van der Waals surface area contributed by atoms with E-state index in [1.54, 1.807) is 0 Å². The van der Waals surface area contributed by atoms with Crippen molar-refractivity contribution < 1.29 is 4.79 Å². The molecule has 1 heteroatoms. The van der Waals surface area contributed by atoms with Crippen LogP contribution in [0.5, 0.6) is 0 Å². The number of carbonyl (C=O) groups excluding carboxylic acids is 1. The number of Topliss-reactive ketones (excluding diaryl/α,β-unsaturated/α-hetero) is 1. The fourth-order valence-electron chi connectivity index (χ4n) is 3.74. The van der Waals surface area contributed by atoms with E-state index in [9.17, 15) is 4.79 Å². The molecular weight excluding hydrogens is 160 g/mol. The predicted molar refractivity (Wildman–Crippen MR) is 53.4 cm³/mol. The largest absolute Gasteiger partial charge is 0.299 e. The molecule has 74 valence electrons. The van der Waals surface area contributed by atoms with Crippen molar-refractivity contribution in [2.24, 2.45) is 22.7 Å². The van der Waals surface area contributed by atoms with Gasteiger partial charge in [0, 0.05) is 11.3 Å². The third-order valence-electron chi connectivity index (χ3n) is 5.11. The van der Waals surface area contributed by atoms with E-state index in [0.29, 0.717) is 17.6 Å². The minimum atomic E-state index is -0.00164. The summed E-state index contributed by atoms with van der Waals surface area (Å²) >= 11 is 0. The summed E-state index contributed by atoms with van der Waals surface area (Å²) in [6.45, 7) is 8.92. The molecule has 2 fully saturated rings. The maximum absolute atomic E-state index is 12.1. The van der Waals surface area contributed by atoms with Crippen LogP contribution in [0.15, 0.2) is 0 Å². The summed E-state index contributed by atoms with van der Waals surface area (Å²) < 4.78 is 0. The third kappa shape index (κ3) is 0.812. The summed E-state index contributed by atoms with van der Waals surface area (Å²) in [6.07, 6.45) is 3.44. The minimum Gasteiger partial charge on any atom is -0.299 e. The topological polar surface area (TPSA) is 17.1 Å².